The van der Waals surface area contributed by atoms with Crippen LogP contribution in [0.15, 0.2) is 18.2 Å². The average molecular weight is 329 g/mol. The number of hydrogen-bond donors (Lipinski definition) is 0. The van der Waals surface area contributed by atoms with Gasteiger partial charge in [0.2, 0.25) is 0 Å². The highest BCUT2D eigenvalue weighted by Crippen LogP contribution is 2.23. The topological polar surface area (TPSA) is 23.6 Å². The normalized spacial score (nSPS) is 16.5. The minimum Gasteiger partial charge on any atom is -0.336 e. The monoisotopic (exact) mass is 328 g/mol. The Morgan fingerprint density at radius 3 is 2.38 bits per heavy atom. The van der Waals surface area contributed by atoms with Crippen LogP contribution in [-0.2, 0) is 0 Å². The summed E-state index contributed by atoms with van der Waals surface area (Å²) in [6.07, 6.45) is 1.21. The van der Waals surface area contributed by atoms with Gasteiger partial charge in [0.25, 0.3) is 5.91 Å². The molecule has 0 atom stereocenters. The third-order valence-electron chi connectivity index (χ3n) is 3.85. The van der Waals surface area contributed by atoms with Gasteiger partial charge >= 0.3 is 0 Å². The van der Waals surface area contributed by atoms with Gasteiger partial charge in [-0.25, -0.2) is 0 Å². The summed E-state index contributed by atoms with van der Waals surface area (Å²) in [7, 11) is 0. The molecule has 2 rings (SSSR count). The van der Waals surface area contributed by atoms with Crippen molar-refractivity contribution in [1.29, 1.82) is 0 Å². The number of nitrogens with zero attached hydrogens (tertiary/aromatic N) is 2. The predicted octanol–water partition coefficient (Wildman–Crippen LogP) is 3.80. The number of benzene rings is 1. The van der Waals surface area contributed by atoms with Crippen LogP contribution in [0, 0.1) is 5.92 Å². The summed E-state index contributed by atoms with van der Waals surface area (Å²) in [6, 6.07) is 5.06. The lowest BCUT2D eigenvalue weighted by Gasteiger charge is -2.35. The number of carbonyl (C=O) groups excluding carboxylic acids is 1. The Morgan fingerprint density at radius 1 is 1.14 bits per heavy atom. The van der Waals surface area contributed by atoms with Crippen molar-refractivity contribution in [2.24, 2.45) is 5.92 Å². The highest BCUT2D eigenvalue weighted by atomic mass is 35.5. The Bertz CT molecular complexity index is 497. The molecular formula is C16H22Cl2N2O. The lowest BCUT2D eigenvalue weighted by atomic mass is 10.1. The molecule has 1 fully saturated rings. The molecular weight excluding hydrogens is 307 g/mol. The third kappa shape index (κ3) is 4.60. The Hall–Kier alpha value is -0.770. The average Bonchev–Trinajstić information content (AvgIpc) is 2.48. The van der Waals surface area contributed by atoms with Crippen LogP contribution in [0.3, 0.4) is 0 Å². The van der Waals surface area contributed by atoms with Crippen molar-refractivity contribution in [2.75, 3.05) is 32.7 Å². The Labute approximate surface area is 136 Å². The maximum atomic E-state index is 12.4. The van der Waals surface area contributed by atoms with Gasteiger partial charge in [-0.05, 0) is 37.1 Å². The molecule has 1 aromatic carbocycles. The zero-order chi connectivity index (χ0) is 15.4. The molecule has 0 saturated carbocycles. The van der Waals surface area contributed by atoms with Crippen LogP contribution in [0.5, 0.6) is 0 Å². The number of rotatable bonds is 4. The fourth-order valence-corrected chi connectivity index (χ4v) is 2.73. The molecule has 0 bridgehead atoms. The first kappa shape index (κ1) is 16.6. The van der Waals surface area contributed by atoms with E-state index in [0.29, 0.717) is 15.6 Å². The molecule has 3 nitrogen and oxygen atoms in total. The molecule has 0 N–H and O–H groups in total. The van der Waals surface area contributed by atoms with Gasteiger partial charge in [0, 0.05) is 31.7 Å². The smallest absolute Gasteiger partial charge is 0.253 e. The van der Waals surface area contributed by atoms with E-state index in [0.717, 1.165) is 38.6 Å². The zero-order valence-corrected chi connectivity index (χ0v) is 14.1. The molecule has 0 spiro atoms. The molecule has 0 aromatic heterocycles. The van der Waals surface area contributed by atoms with Gasteiger partial charge in [-0.1, -0.05) is 37.0 Å². The lowest BCUT2D eigenvalue weighted by Crippen LogP contribution is -2.49. The van der Waals surface area contributed by atoms with Crippen molar-refractivity contribution < 1.29 is 4.79 Å². The molecule has 1 heterocycles. The van der Waals surface area contributed by atoms with Crippen LogP contribution in [0.4, 0.5) is 0 Å². The van der Waals surface area contributed by atoms with Crippen LogP contribution in [-0.4, -0.2) is 48.4 Å². The van der Waals surface area contributed by atoms with Crippen LogP contribution < -0.4 is 0 Å². The Morgan fingerprint density at radius 2 is 1.81 bits per heavy atom. The highest BCUT2D eigenvalue weighted by Gasteiger charge is 2.22. The minimum absolute atomic E-state index is 0.0390. The van der Waals surface area contributed by atoms with Crippen molar-refractivity contribution in [3.8, 4) is 0 Å². The van der Waals surface area contributed by atoms with Gasteiger partial charge in [-0.2, -0.15) is 0 Å². The molecule has 1 saturated heterocycles. The summed E-state index contributed by atoms with van der Waals surface area (Å²) in [5.74, 6) is 0.762. The maximum Gasteiger partial charge on any atom is 0.253 e. The molecule has 21 heavy (non-hydrogen) atoms. The van der Waals surface area contributed by atoms with Crippen LogP contribution >= 0.6 is 23.2 Å². The van der Waals surface area contributed by atoms with Gasteiger partial charge in [-0.3, -0.25) is 9.69 Å². The SMILES string of the molecule is CC(C)CCN1CCN(C(=O)c2ccc(Cl)c(Cl)c2)CC1. The van der Waals surface area contributed by atoms with E-state index in [2.05, 4.69) is 18.7 Å². The summed E-state index contributed by atoms with van der Waals surface area (Å²) < 4.78 is 0. The first-order valence-electron chi connectivity index (χ1n) is 7.44. The molecule has 116 valence electrons. The summed E-state index contributed by atoms with van der Waals surface area (Å²) in [5.41, 5.74) is 0.611. The number of carbonyl (C=O) groups is 1. The van der Waals surface area contributed by atoms with Crippen molar-refractivity contribution >= 4 is 29.1 Å². The quantitative estimate of drug-likeness (QED) is 0.839. The Balaban J connectivity index is 1.89. The van der Waals surface area contributed by atoms with Gasteiger partial charge in [-0.15, -0.1) is 0 Å². The molecule has 1 aliphatic heterocycles. The van der Waals surface area contributed by atoms with Gasteiger partial charge < -0.3 is 4.90 Å². The van der Waals surface area contributed by atoms with Crippen molar-refractivity contribution in [3.63, 3.8) is 0 Å². The van der Waals surface area contributed by atoms with E-state index in [1.54, 1.807) is 18.2 Å². The standard InChI is InChI=1S/C16H22Cl2N2O/c1-12(2)5-6-19-7-9-20(10-8-19)16(21)13-3-4-14(17)15(18)11-13/h3-4,11-12H,5-10H2,1-2H3. The summed E-state index contributed by atoms with van der Waals surface area (Å²) in [5, 5.41) is 0.907. The second-order valence-electron chi connectivity index (χ2n) is 5.95. The molecule has 5 heteroatoms. The molecule has 1 amide bonds. The predicted molar refractivity (Wildman–Crippen MR) is 88.3 cm³/mol. The highest BCUT2D eigenvalue weighted by molar-refractivity contribution is 6.42. The first-order chi connectivity index (χ1) is 9.97. The first-order valence-corrected chi connectivity index (χ1v) is 8.19. The van der Waals surface area contributed by atoms with E-state index >= 15 is 0 Å². The number of amides is 1. The Kier molecular flexibility index (Phi) is 5.91. The van der Waals surface area contributed by atoms with E-state index in [4.69, 9.17) is 23.2 Å². The van der Waals surface area contributed by atoms with E-state index in [-0.39, 0.29) is 5.91 Å². The number of halogens is 2. The van der Waals surface area contributed by atoms with Crippen LogP contribution in [0.25, 0.3) is 0 Å². The second-order valence-corrected chi connectivity index (χ2v) is 6.76. The fraction of sp³-hybridized carbons (Fsp3) is 0.562. The van der Waals surface area contributed by atoms with Crippen molar-refractivity contribution in [2.45, 2.75) is 20.3 Å². The molecule has 1 aromatic rings. The maximum absolute atomic E-state index is 12.4. The fourth-order valence-electron chi connectivity index (χ4n) is 2.43. The second kappa shape index (κ2) is 7.48. The van der Waals surface area contributed by atoms with Crippen LogP contribution in [0.1, 0.15) is 30.6 Å². The van der Waals surface area contributed by atoms with E-state index in [1.807, 2.05) is 4.90 Å². The summed E-state index contributed by atoms with van der Waals surface area (Å²) >= 11 is 11.9. The van der Waals surface area contributed by atoms with Crippen LogP contribution in [0.2, 0.25) is 10.0 Å². The van der Waals surface area contributed by atoms with Crippen molar-refractivity contribution in [1.82, 2.24) is 9.80 Å². The zero-order valence-electron chi connectivity index (χ0n) is 12.6. The van der Waals surface area contributed by atoms with Gasteiger partial charge in [0.15, 0.2) is 0 Å². The summed E-state index contributed by atoms with van der Waals surface area (Å²) in [4.78, 5) is 16.8. The number of hydrogen-bond acceptors (Lipinski definition) is 2. The molecule has 0 aliphatic carbocycles. The minimum atomic E-state index is 0.0390. The number of piperazine rings is 1. The molecule has 0 radical (unpaired) electrons. The van der Waals surface area contributed by atoms with E-state index < -0.39 is 0 Å². The molecule has 0 unspecified atom stereocenters. The summed E-state index contributed by atoms with van der Waals surface area (Å²) in [6.45, 7) is 9.04. The van der Waals surface area contributed by atoms with Gasteiger partial charge in [0.1, 0.15) is 0 Å². The molecule has 1 aliphatic rings. The van der Waals surface area contributed by atoms with E-state index in [9.17, 15) is 4.79 Å². The third-order valence-corrected chi connectivity index (χ3v) is 4.59. The van der Waals surface area contributed by atoms with Gasteiger partial charge in [0.05, 0.1) is 10.0 Å². The lowest BCUT2D eigenvalue weighted by molar-refractivity contribution is 0.0632. The van der Waals surface area contributed by atoms with Crippen molar-refractivity contribution in [3.05, 3.63) is 33.8 Å². The van der Waals surface area contributed by atoms with E-state index in [1.165, 1.54) is 6.42 Å². The largest absolute Gasteiger partial charge is 0.336 e.